The Morgan fingerprint density at radius 2 is 1.73 bits per heavy atom. The summed E-state index contributed by atoms with van der Waals surface area (Å²) in [5.74, 6) is -0.183. The maximum absolute atomic E-state index is 13.0. The lowest BCUT2D eigenvalue weighted by atomic mass is 10.2. The third-order valence-electron chi connectivity index (χ3n) is 4.70. The number of nitrogens with zero attached hydrogens (tertiary/aromatic N) is 5. The first-order chi connectivity index (χ1) is 12.6. The molecule has 3 aromatic rings. The molecule has 0 N–H and O–H groups in total. The first-order valence-electron chi connectivity index (χ1n) is 8.56. The number of amides is 1. The number of hydrogen-bond donors (Lipinski definition) is 0. The van der Waals surface area contributed by atoms with Gasteiger partial charge in [0.15, 0.2) is 5.69 Å². The Morgan fingerprint density at radius 1 is 1.00 bits per heavy atom. The van der Waals surface area contributed by atoms with Crippen LogP contribution in [0.4, 0.5) is 5.69 Å². The van der Waals surface area contributed by atoms with Gasteiger partial charge in [-0.05, 0) is 24.3 Å². The molecule has 1 saturated heterocycles. The van der Waals surface area contributed by atoms with Crippen LogP contribution in [0.1, 0.15) is 10.5 Å². The van der Waals surface area contributed by atoms with Crippen LogP contribution in [0.15, 0.2) is 53.5 Å². The number of carbonyl (C=O) groups is 1. The number of para-hydroxylation sites is 1. The maximum Gasteiger partial charge on any atom is 0.276 e. The van der Waals surface area contributed by atoms with Gasteiger partial charge in [0, 0.05) is 45.1 Å². The highest BCUT2D eigenvalue weighted by molar-refractivity contribution is 6.03. The Kier molecular flexibility index (Phi) is 4.12. The molecule has 132 valence electrons. The second kappa shape index (κ2) is 6.59. The molecule has 0 bridgehead atoms. The molecule has 7 nitrogen and oxygen atoms in total. The zero-order valence-corrected chi connectivity index (χ0v) is 14.5. The fourth-order valence-electron chi connectivity index (χ4n) is 3.28. The predicted molar refractivity (Wildman–Crippen MR) is 99.3 cm³/mol. The topological polar surface area (TPSA) is 71.3 Å². The van der Waals surface area contributed by atoms with Gasteiger partial charge in [-0.25, -0.2) is 4.68 Å². The molecule has 1 aliphatic heterocycles. The Hall–Kier alpha value is -3.22. The highest BCUT2D eigenvalue weighted by Crippen LogP contribution is 2.18. The van der Waals surface area contributed by atoms with Crippen LogP contribution in [0, 0.1) is 0 Å². The number of rotatable bonds is 2. The summed E-state index contributed by atoms with van der Waals surface area (Å²) < 4.78 is 1.21. The number of piperazine rings is 1. The van der Waals surface area contributed by atoms with Gasteiger partial charge in [0.1, 0.15) is 5.52 Å². The molecule has 1 aromatic carbocycles. The summed E-state index contributed by atoms with van der Waals surface area (Å²) in [5, 5.41) is 4.60. The summed E-state index contributed by atoms with van der Waals surface area (Å²) in [7, 11) is 1.55. The molecule has 0 unspecified atom stereocenters. The number of benzene rings is 1. The fraction of sp³-hybridized carbons (Fsp3) is 0.263. The van der Waals surface area contributed by atoms with Crippen molar-refractivity contribution in [1.29, 1.82) is 0 Å². The average Bonchev–Trinajstić information content (AvgIpc) is 2.71. The van der Waals surface area contributed by atoms with Gasteiger partial charge >= 0.3 is 0 Å². The zero-order chi connectivity index (χ0) is 18.1. The van der Waals surface area contributed by atoms with Crippen LogP contribution in [-0.2, 0) is 7.05 Å². The Labute approximate surface area is 150 Å². The second-order valence-electron chi connectivity index (χ2n) is 6.29. The van der Waals surface area contributed by atoms with Crippen LogP contribution in [0.5, 0.6) is 0 Å². The van der Waals surface area contributed by atoms with Crippen LogP contribution in [0.2, 0.25) is 0 Å². The molecule has 2 aromatic heterocycles. The smallest absolute Gasteiger partial charge is 0.276 e. The van der Waals surface area contributed by atoms with Gasteiger partial charge in [-0.15, -0.1) is 0 Å². The zero-order valence-electron chi connectivity index (χ0n) is 14.5. The van der Waals surface area contributed by atoms with Crippen molar-refractivity contribution < 1.29 is 4.79 Å². The van der Waals surface area contributed by atoms with E-state index in [4.69, 9.17) is 0 Å². The number of anilines is 1. The fourth-order valence-corrected chi connectivity index (χ4v) is 3.28. The van der Waals surface area contributed by atoms with Gasteiger partial charge in [-0.3, -0.25) is 14.6 Å². The SMILES string of the molecule is Cn1nc(C(=O)N2CCN(c3ccccc3)CC2)c2ncccc2c1=O. The minimum absolute atomic E-state index is 0.183. The Morgan fingerprint density at radius 3 is 2.46 bits per heavy atom. The summed E-state index contributed by atoms with van der Waals surface area (Å²) in [4.78, 5) is 33.5. The molecule has 1 amide bonds. The largest absolute Gasteiger partial charge is 0.368 e. The number of fused-ring (bicyclic) bond motifs is 1. The molecular formula is C19H19N5O2. The molecule has 26 heavy (non-hydrogen) atoms. The van der Waals surface area contributed by atoms with E-state index in [0.717, 1.165) is 18.8 Å². The lowest BCUT2D eigenvalue weighted by Gasteiger charge is -2.36. The van der Waals surface area contributed by atoms with Crippen molar-refractivity contribution in [3.8, 4) is 0 Å². The van der Waals surface area contributed by atoms with Crippen molar-refractivity contribution in [3.63, 3.8) is 0 Å². The number of hydrogen-bond acceptors (Lipinski definition) is 5. The van der Waals surface area contributed by atoms with E-state index in [9.17, 15) is 9.59 Å². The van der Waals surface area contributed by atoms with Crippen molar-refractivity contribution in [1.82, 2.24) is 19.7 Å². The molecule has 0 spiro atoms. The van der Waals surface area contributed by atoms with Crippen molar-refractivity contribution in [2.45, 2.75) is 0 Å². The predicted octanol–water partition coefficient (Wildman–Crippen LogP) is 1.29. The van der Waals surface area contributed by atoms with E-state index in [2.05, 4.69) is 27.1 Å². The summed E-state index contributed by atoms with van der Waals surface area (Å²) in [6.45, 7) is 2.72. The second-order valence-corrected chi connectivity index (χ2v) is 6.29. The van der Waals surface area contributed by atoms with Crippen molar-refractivity contribution >= 4 is 22.5 Å². The molecule has 0 aliphatic carbocycles. The molecule has 7 heteroatoms. The lowest BCUT2D eigenvalue weighted by molar-refractivity contribution is 0.0740. The molecular weight excluding hydrogens is 330 g/mol. The van der Waals surface area contributed by atoms with E-state index in [1.165, 1.54) is 4.68 Å². The molecule has 0 atom stereocenters. The molecule has 0 saturated carbocycles. The normalized spacial score (nSPS) is 14.7. The van der Waals surface area contributed by atoms with Crippen LogP contribution >= 0.6 is 0 Å². The van der Waals surface area contributed by atoms with Crippen molar-refractivity contribution in [2.24, 2.45) is 7.05 Å². The Bertz CT molecular complexity index is 1010. The minimum atomic E-state index is -0.251. The summed E-state index contributed by atoms with van der Waals surface area (Å²) in [6.07, 6.45) is 1.58. The van der Waals surface area contributed by atoms with Crippen LogP contribution in [0.3, 0.4) is 0 Å². The van der Waals surface area contributed by atoms with Gasteiger partial charge in [-0.2, -0.15) is 5.10 Å². The first kappa shape index (κ1) is 16.3. The summed E-state index contributed by atoms with van der Waals surface area (Å²) in [5.41, 5.74) is 1.51. The van der Waals surface area contributed by atoms with E-state index in [1.807, 2.05) is 18.2 Å². The Balaban J connectivity index is 1.59. The summed E-state index contributed by atoms with van der Waals surface area (Å²) in [6, 6.07) is 13.5. The van der Waals surface area contributed by atoms with E-state index in [1.54, 1.807) is 30.3 Å². The highest BCUT2D eigenvalue weighted by Gasteiger charge is 2.26. The van der Waals surface area contributed by atoms with Crippen LogP contribution < -0.4 is 10.5 Å². The average molecular weight is 349 g/mol. The van der Waals surface area contributed by atoms with Crippen LogP contribution in [-0.4, -0.2) is 51.8 Å². The molecule has 0 radical (unpaired) electrons. The molecule has 1 fully saturated rings. The van der Waals surface area contributed by atoms with Gasteiger partial charge in [0.2, 0.25) is 0 Å². The van der Waals surface area contributed by atoms with Gasteiger partial charge in [0.05, 0.1) is 5.39 Å². The minimum Gasteiger partial charge on any atom is -0.368 e. The van der Waals surface area contributed by atoms with E-state index < -0.39 is 0 Å². The number of aromatic nitrogens is 3. The van der Waals surface area contributed by atoms with Crippen molar-refractivity contribution in [3.05, 3.63) is 64.7 Å². The standard InChI is InChI=1S/C19H19N5O2/c1-22-18(25)15-8-5-9-20-16(15)17(21-22)19(26)24-12-10-23(11-13-24)14-6-3-2-4-7-14/h2-9H,10-13H2,1H3. The third kappa shape index (κ3) is 2.81. The number of aryl methyl sites for hydroxylation is 1. The van der Waals surface area contributed by atoms with E-state index >= 15 is 0 Å². The number of carbonyl (C=O) groups excluding carboxylic acids is 1. The molecule has 3 heterocycles. The third-order valence-corrected chi connectivity index (χ3v) is 4.70. The van der Waals surface area contributed by atoms with Gasteiger partial charge in [0.25, 0.3) is 11.5 Å². The quantitative estimate of drug-likeness (QED) is 0.697. The van der Waals surface area contributed by atoms with E-state index in [0.29, 0.717) is 24.0 Å². The lowest BCUT2D eigenvalue weighted by Crippen LogP contribution is -2.49. The number of pyridine rings is 1. The van der Waals surface area contributed by atoms with Crippen LogP contribution in [0.25, 0.3) is 10.9 Å². The van der Waals surface area contributed by atoms with Gasteiger partial charge < -0.3 is 9.80 Å². The molecule has 1 aliphatic rings. The van der Waals surface area contributed by atoms with Gasteiger partial charge in [-0.1, -0.05) is 18.2 Å². The first-order valence-corrected chi connectivity index (χ1v) is 8.56. The highest BCUT2D eigenvalue weighted by atomic mass is 16.2. The van der Waals surface area contributed by atoms with Crippen molar-refractivity contribution in [2.75, 3.05) is 31.1 Å². The maximum atomic E-state index is 13.0. The summed E-state index contributed by atoms with van der Waals surface area (Å²) >= 11 is 0. The monoisotopic (exact) mass is 349 g/mol. The van der Waals surface area contributed by atoms with E-state index in [-0.39, 0.29) is 17.2 Å². The molecule has 4 rings (SSSR count).